The summed E-state index contributed by atoms with van der Waals surface area (Å²) in [5.74, 6) is 0.362. The van der Waals surface area contributed by atoms with Gasteiger partial charge in [0.1, 0.15) is 11.9 Å². The van der Waals surface area contributed by atoms with Crippen molar-refractivity contribution in [3.05, 3.63) is 53.5 Å². The van der Waals surface area contributed by atoms with Crippen LogP contribution in [-0.2, 0) is 6.18 Å². The molecule has 6 heteroatoms. The number of furan rings is 1. The van der Waals surface area contributed by atoms with Crippen molar-refractivity contribution in [2.45, 2.75) is 19.2 Å². The molecule has 3 nitrogen and oxygen atoms in total. The fourth-order valence-corrected chi connectivity index (χ4v) is 1.83. The van der Waals surface area contributed by atoms with Gasteiger partial charge in [-0.25, -0.2) is 0 Å². The Hall–Kier alpha value is -1.95. The molecule has 1 aromatic heterocycles. The number of nitrogens with one attached hydrogen (secondary N) is 1. The second-order valence-corrected chi connectivity index (χ2v) is 4.44. The topological polar surface area (TPSA) is 45.4 Å². The molecule has 1 unspecified atom stereocenters. The van der Waals surface area contributed by atoms with E-state index in [-0.39, 0.29) is 12.1 Å². The minimum Gasteiger partial charge on any atom is -0.467 e. The molecule has 2 aromatic rings. The molecule has 0 spiro atoms. The van der Waals surface area contributed by atoms with Gasteiger partial charge in [0, 0.05) is 12.2 Å². The van der Waals surface area contributed by atoms with Crippen LogP contribution in [0, 0.1) is 6.92 Å². The molecular weight excluding hydrogens is 271 g/mol. The summed E-state index contributed by atoms with van der Waals surface area (Å²) in [5.41, 5.74) is -0.224. The van der Waals surface area contributed by atoms with E-state index in [1.165, 1.54) is 19.3 Å². The zero-order valence-corrected chi connectivity index (χ0v) is 10.7. The summed E-state index contributed by atoms with van der Waals surface area (Å²) in [6, 6.07) is 7.20. The van der Waals surface area contributed by atoms with Crippen LogP contribution in [0.25, 0.3) is 0 Å². The molecule has 0 bridgehead atoms. The number of aliphatic hydroxyl groups excluding tert-OH is 1. The fourth-order valence-electron chi connectivity index (χ4n) is 1.83. The first-order valence-corrected chi connectivity index (χ1v) is 6.01. The van der Waals surface area contributed by atoms with E-state index in [4.69, 9.17) is 4.42 Å². The highest BCUT2D eigenvalue weighted by molar-refractivity contribution is 5.49. The number of hydrogen-bond donors (Lipinski definition) is 2. The molecule has 0 aliphatic heterocycles. The Bertz CT molecular complexity index is 564. The van der Waals surface area contributed by atoms with Gasteiger partial charge in [0.25, 0.3) is 0 Å². The largest absolute Gasteiger partial charge is 0.467 e. The van der Waals surface area contributed by atoms with Gasteiger partial charge < -0.3 is 14.8 Å². The van der Waals surface area contributed by atoms with E-state index in [1.807, 2.05) is 0 Å². The van der Waals surface area contributed by atoms with Crippen LogP contribution >= 0.6 is 0 Å². The van der Waals surface area contributed by atoms with E-state index < -0.39 is 17.8 Å². The lowest BCUT2D eigenvalue weighted by Crippen LogP contribution is -2.13. The van der Waals surface area contributed by atoms with Crippen molar-refractivity contribution in [1.82, 2.24) is 0 Å². The Morgan fingerprint density at radius 2 is 2.05 bits per heavy atom. The maximum absolute atomic E-state index is 12.8. The lowest BCUT2D eigenvalue weighted by Gasteiger charge is -2.14. The van der Waals surface area contributed by atoms with Crippen molar-refractivity contribution in [3.63, 3.8) is 0 Å². The molecule has 2 rings (SSSR count). The first-order valence-electron chi connectivity index (χ1n) is 6.01. The predicted octanol–water partition coefficient (Wildman–Crippen LogP) is 3.75. The zero-order chi connectivity index (χ0) is 14.8. The summed E-state index contributed by atoms with van der Waals surface area (Å²) in [6.07, 6.45) is -3.88. The average Bonchev–Trinajstić information content (AvgIpc) is 2.90. The molecule has 0 saturated heterocycles. The van der Waals surface area contributed by atoms with Crippen molar-refractivity contribution in [2.24, 2.45) is 0 Å². The number of rotatable bonds is 4. The lowest BCUT2D eigenvalue weighted by atomic mass is 10.1. The molecular formula is C14H14F3NO2. The molecule has 108 valence electrons. The van der Waals surface area contributed by atoms with Crippen LogP contribution in [0.5, 0.6) is 0 Å². The van der Waals surface area contributed by atoms with E-state index in [0.29, 0.717) is 11.4 Å². The van der Waals surface area contributed by atoms with Gasteiger partial charge in [0.2, 0.25) is 0 Å². The number of benzene rings is 1. The summed E-state index contributed by atoms with van der Waals surface area (Å²) in [5, 5.41) is 12.5. The van der Waals surface area contributed by atoms with Crippen molar-refractivity contribution < 1.29 is 22.7 Å². The third-order valence-electron chi connectivity index (χ3n) is 2.91. The Morgan fingerprint density at radius 1 is 1.30 bits per heavy atom. The van der Waals surface area contributed by atoms with Crippen molar-refractivity contribution in [2.75, 3.05) is 11.9 Å². The van der Waals surface area contributed by atoms with E-state index in [2.05, 4.69) is 5.32 Å². The summed E-state index contributed by atoms with van der Waals surface area (Å²) >= 11 is 0. The summed E-state index contributed by atoms with van der Waals surface area (Å²) in [6.45, 7) is 1.47. The third-order valence-corrected chi connectivity index (χ3v) is 2.91. The molecule has 0 amide bonds. The monoisotopic (exact) mass is 285 g/mol. The molecule has 0 saturated carbocycles. The summed E-state index contributed by atoms with van der Waals surface area (Å²) < 4.78 is 43.3. The van der Waals surface area contributed by atoms with Crippen molar-refractivity contribution in [3.8, 4) is 0 Å². The molecule has 1 aromatic carbocycles. The van der Waals surface area contributed by atoms with Gasteiger partial charge in [-0.2, -0.15) is 13.2 Å². The number of alkyl halides is 3. The maximum Gasteiger partial charge on any atom is 0.416 e. The van der Waals surface area contributed by atoms with Crippen LogP contribution in [0.15, 0.2) is 41.0 Å². The van der Waals surface area contributed by atoms with Crippen LogP contribution < -0.4 is 5.32 Å². The molecule has 1 heterocycles. The molecule has 1 atom stereocenters. The fraction of sp³-hybridized carbons (Fsp3) is 0.286. The highest BCUT2D eigenvalue weighted by Gasteiger charge is 2.32. The van der Waals surface area contributed by atoms with Crippen LogP contribution in [0.1, 0.15) is 23.0 Å². The minimum absolute atomic E-state index is 0.0634. The lowest BCUT2D eigenvalue weighted by molar-refractivity contribution is -0.138. The van der Waals surface area contributed by atoms with Crippen molar-refractivity contribution >= 4 is 5.69 Å². The highest BCUT2D eigenvalue weighted by atomic mass is 19.4. The molecule has 0 fully saturated rings. The summed E-state index contributed by atoms with van der Waals surface area (Å²) in [7, 11) is 0. The number of aliphatic hydroxyl groups is 1. The number of halogens is 3. The molecule has 0 aliphatic carbocycles. The quantitative estimate of drug-likeness (QED) is 0.899. The van der Waals surface area contributed by atoms with Crippen molar-refractivity contribution in [1.29, 1.82) is 0 Å². The standard InChI is InChI=1S/C14H14F3NO2/c1-9-4-5-10(7-11(9)14(15,16)17)18-8-12(19)13-3-2-6-20-13/h2-7,12,18-19H,8H2,1H3. The SMILES string of the molecule is Cc1ccc(NCC(O)c2ccco2)cc1C(F)(F)F. The maximum atomic E-state index is 12.8. The van der Waals surface area contributed by atoms with E-state index in [9.17, 15) is 18.3 Å². The first-order chi connectivity index (χ1) is 9.38. The van der Waals surface area contributed by atoms with Crippen LogP contribution in [0.3, 0.4) is 0 Å². The third kappa shape index (κ3) is 3.33. The van der Waals surface area contributed by atoms with Crippen LogP contribution in [-0.4, -0.2) is 11.7 Å². The highest BCUT2D eigenvalue weighted by Crippen LogP contribution is 2.33. The van der Waals surface area contributed by atoms with E-state index in [1.54, 1.807) is 18.2 Å². The number of hydrogen-bond acceptors (Lipinski definition) is 3. The van der Waals surface area contributed by atoms with Gasteiger partial charge in [-0.05, 0) is 36.8 Å². The second kappa shape index (κ2) is 5.58. The second-order valence-electron chi connectivity index (χ2n) is 4.44. The Kier molecular flexibility index (Phi) is 4.04. The van der Waals surface area contributed by atoms with E-state index in [0.717, 1.165) is 6.07 Å². The molecule has 0 aliphatic rings. The van der Waals surface area contributed by atoms with E-state index >= 15 is 0 Å². The van der Waals surface area contributed by atoms with Gasteiger partial charge >= 0.3 is 6.18 Å². The number of anilines is 1. The van der Waals surface area contributed by atoms with Crippen LogP contribution in [0.2, 0.25) is 0 Å². The van der Waals surface area contributed by atoms with Gasteiger partial charge in [0.05, 0.1) is 11.8 Å². The Balaban J connectivity index is 2.07. The normalized spacial score (nSPS) is 13.2. The summed E-state index contributed by atoms with van der Waals surface area (Å²) in [4.78, 5) is 0. The van der Waals surface area contributed by atoms with Gasteiger partial charge in [-0.15, -0.1) is 0 Å². The zero-order valence-electron chi connectivity index (χ0n) is 10.7. The molecule has 2 N–H and O–H groups in total. The molecule has 20 heavy (non-hydrogen) atoms. The van der Waals surface area contributed by atoms with Crippen LogP contribution in [0.4, 0.5) is 18.9 Å². The first kappa shape index (κ1) is 14.5. The molecule has 0 radical (unpaired) electrons. The van der Waals surface area contributed by atoms with Gasteiger partial charge in [-0.3, -0.25) is 0 Å². The Labute approximate surface area is 114 Å². The van der Waals surface area contributed by atoms with Gasteiger partial charge in [0.15, 0.2) is 0 Å². The predicted molar refractivity (Wildman–Crippen MR) is 68.3 cm³/mol. The number of aryl methyl sites for hydroxylation is 1. The average molecular weight is 285 g/mol. The minimum atomic E-state index is -4.39. The van der Waals surface area contributed by atoms with Gasteiger partial charge in [-0.1, -0.05) is 6.07 Å². The smallest absolute Gasteiger partial charge is 0.416 e. The Morgan fingerprint density at radius 3 is 2.65 bits per heavy atom.